The quantitative estimate of drug-likeness (QED) is 0.626. The number of pyridine rings is 1. The Balaban J connectivity index is 2.72. The fourth-order valence-electron chi connectivity index (χ4n) is 2.16. The van der Waals surface area contributed by atoms with E-state index in [1.807, 2.05) is 27.7 Å². The lowest BCUT2D eigenvalue weighted by Gasteiger charge is -2.07. The summed E-state index contributed by atoms with van der Waals surface area (Å²) < 4.78 is 6.88. The van der Waals surface area contributed by atoms with Crippen molar-refractivity contribution in [2.75, 3.05) is 6.61 Å². The van der Waals surface area contributed by atoms with Crippen molar-refractivity contribution in [3.05, 3.63) is 17.5 Å². The lowest BCUT2D eigenvalue weighted by Crippen LogP contribution is -2.06. The fourth-order valence-corrected chi connectivity index (χ4v) is 2.16. The molecular formula is C15H21N5O2. The highest BCUT2D eigenvalue weighted by atomic mass is 16.5. The van der Waals surface area contributed by atoms with Gasteiger partial charge in [0.25, 0.3) is 0 Å². The highest BCUT2D eigenvalue weighted by molar-refractivity contribution is 6.03. The van der Waals surface area contributed by atoms with Gasteiger partial charge in [-0.25, -0.2) is 14.5 Å². The van der Waals surface area contributed by atoms with Gasteiger partial charge in [-0.15, -0.1) is 0 Å². The summed E-state index contributed by atoms with van der Waals surface area (Å²) in [7, 11) is 0. The molecule has 0 unspecified atom stereocenters. The van der Waals surface area contributed by atoms with Crippen LogP contribution >= 0.6 is 0 Å². The molecule has 0 aliphatic heterocycles. The van der Waals surface area contributed by atoms with E-state index in [9.17, 15) is 4.79 Å². The molecule has 0 aliphatic carbocycles. The zero-order valence-corrected chi connectivity index (χ0v) is 13.6. The predicted molar refractivity (Wildman–Crippen MR) is 83.5 cm³/mol. The van der Waals surface area contributed by atoms with E-state index in [1.165, 1.54) is 6.20 Å². The van der Waals surface area contributed by atoms with E-state index in [0.717, 1.165) is 11.1 Å². The van der Waals surface area contributed by atoms with Gasteiger partial charge in [-0.3, -0.25) is 0 Å². The second-order valence-electron chi connectivity index (χ2n) is 5.15. The van der Waals surface area contributed by atoms with Crippen LogP contribution in [0.2, 0.25) is 0 Å². The monoisotopic (exact) mass is 303 g/mol. The van der Waals surface area contributed by atoms with Crippen molar-refractivity contribution in [1.29, 1.82) is 0 Å². The number of esters is 1. The topological polar surface area (TPSA) is 81.7 Å². The molecule has 22 heavy (non-hydrogen) atoms. The predicted octanol–water partition coefficient (Wildman–Crippen LogP) is 3.43. The van der Waals surface area contributed by atoms with Gasteiger partial charge in [-0.05, 0) is 34.6 Å². The molecule has 0 aromatic carbocycles. The first-order valence-corrected chi connectivity index (χ1v) is 7.43. The highest BCUT2D eigenvalue weighted by Crippen LogP contribution is 2.32. The molecule has 2 aromatic heterocycles. The number of ether oxygens (including phenoxy) is 1. The Hall–Kier alpha value is -2.31. The van der Waals surface area contributed by atoms with Gasteiger partial charge < -0.3 is 4.74 Å². The zero-order valence-electron chi connectivity index (χ0n) is 13.6. The van der Waals surface area contributed by atoms with Gasteiger partial charge >= 0.3 is 5.97 Å². The molecule has 0 fully saturated rings. The molecule has 118 valence electrons. The van der Waals surface area contributed by atoms with Gasteiger partial charge in [0, 0.05) is 12.7 Å². The van der Waals surface area contributed by atoms with Crippen molar-refractivity contribution in [2.24, 2.45) is 10.2 Å². The molecule has 2 heterocycles. The maximum absolute atomic E-state index is 12.2. The SMILES string of the molecule is CCOC(=O)c1cnc2c(c(C)nn2CC)c1N=NC(C)C. The summed E-state index contributed by atoms with van der Waals surface area (Å²) in [6.07, 6.45) is 1.49. The lowest BCUT2D eigenvalue weighted by atomic mass is 10.1. The summed E-state index contributed by atoms with van der Waals surface area (Å²) >= 11 is 0. The summed E-state index contributed by atoms with van der Waals surface area (Å²) in [5.41, 5.74) is 2.27. The molecule has 7 heteroatoms. The molecule has 0 atom stereocenters. The van der Waals surface area contributed by atoms with Crippen molar-refractivity contribution in [2.45, 2.75) is 47.2 Å². The normalized spacial score (nSPS) is 11.7. The maximum atomic E-state index is 12.2. The number of rotatable bonds is 5. The largest absolute Gasteiger partial charge is 0.462 e. The molecule has 0 bridgehead atoms. The molecular weight excluding hydrogens is 282 g/mol. The number of aromatic nitrogens is 3. The Morgan fingerprint density at radius 2 is 2.14 bits per heavy atom. The van der Waals surface area contributed by atoms with E-state index in [1.54, 1.807) is 11.6 Å². The molecule has 0 saturated carbocycles. The number of carbonyl (C=O) groups is 1. The van der Waals surface area contributed by atoms with Crippen LogP contribution in [-0.2, 0) is 11.3 Å². The average Bonchev–Trinajstić information content (AvgIpc) is 2.81. The molecule has 0 radical (unpaired) electrons. The standard InChI is InChI=1S/C15H21N5O2/c1-6-20-14-12(10(5)19-20)13(18-17-9(3)4)11(8-16-14)15(21)22-7-2/h8-9H,6-7H2,1-5H3. The molecule has 0 saturated heterocycles. The minimum absolute atomic E-state index is 0.0276. The molecule has 2 rings (SSSR count). The van der Waals surface area contributed by atoms with E-state index < -0.39 is 5.97 Å². The Kier molecular flexibility index (Phi) is 4.85. The fraction of sp³-hybridized carbons (Fsp3) is 0.533. The molecule has 2 aromatic rings. The number of hydrogen-bond acceptors (Lipinski definition) is 6. The summed E-state index contributed by atoms with van der Waals surface area (Å²) in [6.45, 7) is 10.5. The summed E-state index contributed by atoms with van der Waals surface area (Å²) in [5, 5.41) is 13.6. The van der Waals surface area contributed by atoms with Crippen molar-refractivity contribution in [3.8, 4) is 0 Å². The maximum Gasteiger partial charge on any atom is 0.342 e. The molecule has 0 aliphatic rings. The number of hydrogen-bond donors (Lipinski definition) is 0. The third-order valence-electron chi connectivity index (χ3n) is 3.09. The van der Waals surface area contributed by atoms with Gasteiger partial charge in [0.05, 0.1) is 23.7 Å². The first-order valence-electron chi connectivity index (χ1n) is 7.43. The average molecular weight is 303 g/mol. The number of azo groups is 1. The Morgan fingerprint density at radius 1 is 1.41 bits per heavy atom. The van der Waals surface area contributed by atoms with Crippen LogP contribution in [0.25, 0.3) is 11.0 Å². The van der Waals surface area contributed by atoms with Crippen LogP contribution in [-0.4, -0.2) is 33.4 Å². The number of nitrogens with zero attached hydrogens (tertiary/aromatic N) is 5. The molecule has 7 nitrogen and oxygen atoms in total. The second-order valence-corrected chi connectivity index (χ2v) is 5.15. The summed E-state index contributed by atoms with van der Waals surface area (Å²) in [5.74, 6) is -0.446. The van der Waals surface area contributed by atoms with Crippen molar-refractivity contribution in [1.82, 2.24) is 14.8 Å². The Morgan fingerprint density at radius 3 is 2.73 bits per heavy atom. The lowest BCUT2D eigenvalue weighted by molar-refractivity contribution is 0.0527. The van der Waals surface area contributed by atoms with E-state index >= 15 is 0 Å². The highest BCUT2D eigenvalue weighted by Gasteiger charge is 2.21. The van der Waals surface area contributed by atoms with Crippen molar-refractivity contribution >= 4 is 22.7 Å². The van der Waals surface area contributed by atoms with Crippen LogP contribution in [0.5, 0.6) is 0 Å². The van der Waals surface area contributed by atoms with Crippen molar-refractivity contribution < 1.29 is 9.53 Å². The number of carbonyl (C=O) groups excluding carboxylic acids is 1. The van der Waals surface area contributed by atoms with Crippen molar-refractivity contribution in [3.63, 3.8) is 0 Å². The number of fused-ring (bicyclic) bond motifs is 1. The van der Waals surface area contributed by atoms with Crippen LogP contribution < -0.4 is 0 Å². The first kappa shape index (κ1) is 16.1. The van der Waals surface area contributed by atoms with Crippen LogP contribution in [0.3, 0.4) is 0 Å². The minimum atomic E-state index is -0.446. The van der Waals surface area contributed by atoms with Crippen LogP contribution in [0, 0.1) is 6.92 Å². The van der Waals surface area contributed by atoms with Crippen LogP contribution in [0.4, 0.5) is 5.69 Å². The van der Waals surface area contributed by atoms with Gasteiger partial charge in [-0.1, -0.05) is 0 Å². The van der Waals surface area contributed by atoms with E-state index in [2.05, 4.69) is 20.3 Å². The Labute approximate surface area is 129 Å². The van der Waals surface area contributed by atoms with Gasteiger partial charge in [0.1, 0.15) is 11.3 Å². The van der Waals surface area contributed by atoms with E-state index in [4.69, 9.17) is 4.74 Å². The molecule has 0 spiro atoms. The third-order valence-corrected chi connectivity index (χ3v) is 3.09. The minimum Gasteiger partial charge on any atom is -0.462 e. The summed E-state index contributed by atoms with van der Waals surface area (Å²) in [6, 6.07) is 0.0276. The van der Waals surface area contributed by atoms with E-state index in [-0.39, 0.29) is 6.04 Å². The second kappa shape index (κ2) is 6.64. The van der Waals surface area contributed by atoms with Gasteiger partial charge in [-0.2, -0.15) is 15.3 Å². The van der Waals surface area contributed by atoms with Gasteiger partial charge in [0.2, 0.25) is 0 Å². The van der Waals surface area contributed by atoms with Crippen LogP contribution in [0.1, 0.15) is 43.7 Å². The third kappa shape index (κ3) is 2.98. The van der Waals surface area contributed by atoms with Crippen LogP contribution in [0.15, 0.2) is 16.4 Å². The molecule has 0 N–H and O–H groups in total. The summed E-state index contributed by atoms with van der Waals surface area (Å²) in [4.78, 5) is 16.5. The Bertz CT molecular complexity index is 718. The molecule has 0 amide bonds. The first-order chi connectivity index (χ1) is 10.5. The number of aryl methyl sites for hydroxylation is 2. The smallest absolute Gasteiger partial charge is 0.342 e. The van der Waals surface area contributed by atoms with E-state index in [0.29, 0.717) is 30.0 Å². The van der Waals surface area contributed by atoms with Gasteiger partial charge in [0.15, 0.2) is 5.65 Å². The zero-order chi connectivity index (χ0) is 16.3.